The molecule has 1 heterocycles. The van der Waals surface area contributed by atoms with Crippen LogP contribution >= 0.6 is 23.2 Å². The predicted molar refractivity (Wildman–Crippen MR) is 122 cm³/mol. The lowest BCUT2D eigenvalue weighted by atomic mass is 10.1. The standard InChI is InChI=1S/C23H16Cl2F3N3O2/c24-15-9-13(18(27)12-19(15)28)10-22(32)30-7-8-31(21-4-2-1-3-20(21)30)23(33)29-14-5-6-17(26)16(25)11-14/h1-6,9,11-12H,7-8,10H2,(H,29,33). The number of amides is 3. The van der Waals surface area contributed by atoms with Crippen molar-refractivity contribution in [3.8, 4) is 0 Å². The number of carbonyl (C=O) groups is 2. The van der Waals surface area contributed by atoms with Crippen LogP contribution in [0.25, 0.3) is 0 Å². The van der Waals surface area contributed by atoms with Gasteiger partial charge in [0, 0.05) is 24.8 Å². The zero-order valence-corrected chi connectivity index (χ0v) is 18.4. The van der Waals surface area contributed by atoms with Crippen LogP contribution in [0, 0.1) is 17.5 Å². The molecular formula is C23H16Cl2F3N3O2. The van der Waals surface area contributed by atoms with E-state index in [9.17, 15) is 22.8 Å². The normalized spacial score (nSPS) is 13.0. The third kappa shape index (κ3) is 4.77. The average Bonchev–Trinajstić information content (AvgIpc) is 2.79. The number of para-hydroxylation sites is 2. The molecule has 0 saturated heterocycles. The third-order valence-corrected chi connectivity index (χ3v) is 5.74. The molecule has 3 amide bonds. The molecule has 1 aliphatic heterocycles. The molecule has 1 N–H and O–H groups in total. The van der Waals surface area contributed by atoms with E-state index in [1.54, 1.807) is 24.3 Å². The first kappa shape index (κ1) is 22.9. The summed E-state index contributed by atoms with van der Waals surface area (Å²) in [4.78, 5) is 28.7. The minimum atomic E-state index is -0.905. The highest BCUT2D eigenvalue weighted by molar-refractivity contribution is 6.31. The van der Waals surface area contributed by atoms with Gasteiger partial charge in [-0.3, -0.25) is 9.69 Å². The van der Waals surface area contributed by atoms with Crippen LogP contribution in [0.15, 0.2) is 54.6 Å². The van der Waals surface area contributed by atoms with Crippen LogP contribution in [0.5, 0.6) is 0 Å². The fourth-order valence-electron chi connectivity index (χ4n) is 3.55. The number of hydrogen-bond acceptors (Lipinski definition) is 2. The van der Waals surface area contributed by atoms with Crippen LogP contribution in [0.4, 0.5) is 35.0 Å². The summed E-state index contributed by atoms with van der Waals surface area (Å²) in [6, 6.07) is 11.8. The first-order valence-corrected chi connectivity index (χ1v) is 10.6. The number of rotatable bonds is 3. The summed E-state index contributed by atoms with van der Waals surface area (Å²) in [5, 5.41) is 2.25. The summed E-state index contributed by atoms with van der Waals surface area (Å²) in [6.45, 7) is 0.292. The quantitative estimate of drug-likeness (QED) is 0.452. The van der Waals surface area contributed by atoms with Gasteiger partial charge in [0.1, 0.15) is 17.5 Å². The molecule has 0 fully saturated rings. The molecule has 0 saturated carbocycles. The largest absolute Gasteiger partial charge is 0.326 e. The molecule has 170 valence electrons. The number of fused-ring (bicyclic) bond motifs is 1. The van der Waals surface area contributed by atoms with Gasteiger partial charge in [0.05, 0.1) is 27.8 Å². The molecule has 3 aromatic rings. The summed E-state index contributed by atoms with van der Waals surface area (Å²) in [5.74, 6) is -2.81. The molecule has 3 aromatic carbocycles. The lowest BCUT2D eigenvalue weighted by Crippen LogP contribution is -2.48. The number of anilines is 3. The van der Waals surface area contributed by atoms with Gasteiger partial charge in [-0.05, 0) is 42.0 Å². The SMILES string of the molecule is O=C(Cc1cc(Cl)c(F)cc1F)N1CCN(C(=O)Nc2ccc(F)c(Cl)c2)c2ccccc21. The van der Waals surface area contributed by atoms with Crippen LogP contribution in [0.3, 0.4) is 0 Å². The smallest absolute Gasteiger partial charge is 0.308 e. The van der Waals surface area contributed by atoms with Gasteiger partial charge in [0.25, 0.3) is 0 Å². The van der Waals surface area contributed by atoms with Gasteiger partial charge < -0.3 is 10.2 Å². The first-order valence-electron chi connectivity index (χ1n) is 9.81. The maximum Gasteiger partial charge on any atom is 0.326 e. The number of nitrogens with zero attached hydrogens (tertiary/aromatic N) is 2. The highest BCUT2D eigenvalue weighted by atomic mass is 35.5. The minimum absolute atomic E-state index is 0.0303. The van der Waals surface area contributed by atoms with Crippen LogP contribution in [-0.2, 0) is 11.2 Å². The summed E-state index contributed by atoms with van der Waals surface area (Å²) in [5.41, 5.74) is 1.19. The second-order valence-corrected chi connectivity index (χ2v) is 8.09. The van der Waals surface area contributed by atoms with Crippen molar-refractivity contribution in [2.75, 3.05) is 28.2 Å². The van der Waals surface area contributed by atoms with Gasteiger partial charge >= 0.3 is 6.03 Å². The highest BCUT2D eigenvalue weighted by Gasteiger charge is 2.30. The molecule has 5 nitrogen and oxygen atoms in total. The van der Waals surface area contributed by atoms with Crippen molar-refractivity contribution in [3.05, 3.63) is 87.7 Å². The maximum absolute atomic E-state index is 14.1. The lowest BCUT2D eigenvalue weighted by Gasteiger charge is -2.36. The number of nitrogens with one attached hydrogen (secondary N) is 1. The molecule has 0 spiro atoms. The van der Waals surface area contributed by atoms with E-state index in [4.69, 9.17) is 23.2 Å². The Morgan fingerprint density at radius 3 is 2.15 bits per heavy atom. The third-order valence-electron chi connectivity index (χ3n) is 5.16. The van der Waals surface area contributed by atoms with Gasteiger partial charge in [-0.1, -0.05) is 35.3 Å². The lowest BCUT2D eigenvalue weighted by molar-refractivity contribution is -0.118. The van der Waals surface area contributed by atoms with Crippen molar-refractivity contribution in [3.63, 3.8) is 0 Å². The molecule has 0 aromatic heterocycles. The van der Waals surface area contributed by atoms with Gasteiger partial charge in [-0.15, -0.1) is 0 Å². The Morgan fingerprint density at radius 1 is 0.818 bits per heavy atom. The number of carbonyl (C=O) groups excluding carboxylic acids is 2. The Labute approximate surface area is 197 Å². The minimum Gasteiger partial charge on any atom is -0.308 e. The van der Waals surface area contributed by atoms with Crippen LogP contribution in [0.1, 0.15) is 5.56 Å². The number of hydrogen-bond donors (Lipinski definition) is 1. The second kappa shape index (κ2) is 9.33. The predicted octanol–water partition coefficient (Wildman–Crippen LogP) is 6.04. The number of urea groups is 1. The monoisotopic (exact) mass is 493 g/mol. The van der Waals surface area contributed by atoms with Gasteiger partial charge in [-0.25, -0.2) is 18.0 Å². The van der Waals surface area contributed by atoms with E-state index in [0.717, 1.165) is 12.1 Å². The molecule has 0 radical (unpaired) electrons. The zero-order valence-electron chi connectivity index (χ0n) is 16.9. The van der Waals surface area contributed by atoms with Crippen molar-refractivity contribution in [2.24, 2.45) is 0 Å². The molecule has 0 bridgehead atoms. The zero-order chi connectivity index (χ0) is 23.7. The molecular weight excluding hydrogens is 478 g/mol. The summed E-state index contributed by atoms with van der Waals surface area (Å²) in [7, 11) is 0. The van der Waals surface area contributed by atoms with E-state index in [0.29, 0.717) is 23.1 Å². The topological polar surface area (TPSA) is 52.7 Å². The summed E-state index contributed by atoms with van der Waals surface area (Å²) < 4.78 is 40.9. The molecule has 4 rings (SSSR count). The van der Waals surface area contributed by atoms with Gasteiger partial charge in [0.2, 0.25) is 5.91 Å². The van der Waals surface area contributed by atoms with Crippen LogP contribution < -0.4 is 15.1 Å². The number of halogens is 5. The van der Waals surface area contributed by atoms with E-state index < -0.39 is 29.4 Å². The van der Waals surface area contributed by atoms with E-state index in [1.807, 2.05) is 0 Å². The van der Waals surface area contributed by atoms with Crippen molar-refractivity contribution in [1.82, 2.24) is 0 Å². The molecule has 1 aliphatic rings. The van der Waals surface area contributed by atoms with Crippen LogP contribution in [0.2, 0.25) is 10.0 Å². The average molecular weight is 494 g/mol. The fourth-order valence-corrected chi connectivity index (χ4v) is 3.92. The molecule has 0 unspecified atom stereocenters. The first-order chi connectivity index (χ1) is 15.7. The Balaban J connectivity index is 1.56. The van der Waals surface area contributed by atoms with E-state index in [-0.39, 0.29) is 35.1 Å². The van der Waals surface area contributed by atoms with Crippen LogP contribution in [-0.4, -0.2) is 25.0 Å². The van der Waals surface area contributed by atoms with E-state index >= 15 is 0 Å². The Hall–Kier alpha value is -3.23. The molecule has 0 aliphatic carbocycles. The number of benzene rings is 3. The van der Waals surface area contributed by atoms with Gasteiger partial charge in [0.15, 0.2) is 0 Å². The van der Waals surface area contributed by atoms with Crippen molar-refractivity contribution in [2.45, 2.75) is 6.42 Å². The molecule has 33 heavy (non-hydrogen) atoms. The van der Waals surface area contributed by atoms with E-state index in [2.05, 4.69) is 5.32 Å². The second-order valence-electron chi connectivity index (χ2n) is 7.28. The van der Waals surface area contributed by atoms with Gasteiger partial charge in [-0.2, -0.15) is 0 Å². The van der Waals surface area contributed by atoms with Crippen molar-refractivity contribution >= 4 is 52.2 Å². The summed E-state index contributed by atoms with van der Waals surface area (Å²) in [6.07, 6.45) is -0.333. The van der Waals surface area contributed by atoms with Crippen molar-refractivity contribution < 1.29 is 22.8 Å². The van der Waals surface area contributed by atoms with E-state index in [1.165, 1.54) is 21.9 Å². The Bertz CT molecular complexity index is 1260. The maximum atomic E-state index is 14.1. The Morgan fingerprint density at radius 2 is 1.45 bits per heavy atom. The Kier molecular flexibility index (Phi) is 6.49. The highest BCUT2D eigenvalue weighted by Crippen LogP contribution is 2.34. The molecule has 10 heteroatoms. The molecule has 0 atom stereocenters. The fraction of sp³-hybridized carbons (Fsp3) is 0.130. The van der Waals surface area contributed by atoms with Crippen molar-refractivity contribution in [1.29, 1.82) is 0 Å². The summed E-state index contributed by atoms with van der Waals surface area (Å²) >= 11 is 11.5.